The maximum atomic E-state index is 12.6. The van der Waals surface area contributed by atoms with Crippen LogP contribution in [0, 0.1) is 5.41 Å². The Hall–Kier alpha value is -1.63. The Morgan fingerprint density at radius 3 is 2.50 bits per heavy atom. The summed E-state index contributed by atoms with van der Waals surface area (Å²) < 4.78 is 5.47. The van der Waals surface area contributed by atoms with Crippen LogP contribution >= 0.6 is 0 Å². The summed E-state index contributed by atoms with van der Waals surface area (Å²) in [5.74, 6) is -0.464. The molecular formula is C15H25N3O4. The van der Waals surface area contributed by atoms with E-state index in [1.807, 2.05) is 0 Å². The first kappa shape index (κ1) is 16.7. The highest BCUT2D eigenvalue weighted by Crippen LogP contribution is 2.21. The van der Waals surface area contributed by atoms with Crippen LogP contribution in [-0.2, 0) is 19.1 Å². The van der Waals surface area contributed by atoms with E-state index in [0.717, 1.165) is 25.9 Å². The highest BCUT2D eigenvalue weighted by Gasteiger charge is 2.40. The first-order valence-electron chi connectivity index (χ1n) is 7.84. The maximum absolute atomic E-state index is 12.6. The molecule has 0 aromatic carbocycles. The second-order valence-electron chi connectivity index (χ2n) is 6.40. The molecule has 2 aliphatic rings. The molecule has 0 saturated carbocycles. The summed E-state index contributed by atoms with van der Waals surface area (Å²) in [6.07, 6.45) is 2.82. The van der Waals surface area contributed by atoms with Crippen LogP contribution in [0.2, 0.25) is 0 Å². The van der Waals surface area contributed by atoms with Gasteiger partial charge in [0.25, 0.3) is 0 Å². The molecule has 2 heterocycles. The van der Waals surface area contributed by atoms with E-state index in [4.69, 9.17) is 4.74 Å². The predicted molar refractivity (Wildman–Crippen MR) is 80.0 cm³/mol. The van der Waals surface area contributed by atoms with E-state index in [0.29, 0.717) is 32.7 Å². The predicted octanol–water partition coefficient (Wildman–Crippen LogP) is -0.392. The van der Waals surface area contributed by atoms with E-state index in [1.54, 1.807) is 23.6 Å². The number of hydrogen-bond donors (Lipinski definition) is 1. The molecule has 1 N–H and O–H groups in total. The van der Waals surface area contributed by atoms with Gasteiger partial charge in [-0.05, 0) is 26.7 Å². The monoisotopic (exact) mass is 311 g/mol. The smallest absolute Gasteiger partial charge is 0.237 e. The molecule has 0 aromatic heterocycles. The van der Waals surface area contributed by atoms with Gasteiger partial charge in [0.1, 0.15) is 5.41 Å². The Balaban J connectivity index is 1.86. The van der Waals surface area contributed by atoms with Gasteiger partial charge in [0, 0.05) is 39.3 Å². The number of nitrogens with one attached hydrogen (secondary N) is 1. The van der Waals surface area contributed by atoms with E-state index in [1.165, 1.54) is 0 Å². The molecule has 0 aromatic rings. The van der Waals surface area contributed by atoms with Gasteiger partial charge >= 0.3 is 0 Å². The molecule has 2 aliphatic heterocycles. The van der Waals surface area contributed by atoms with Crippen molar-refractivity contribution in [3.63, 3.8) is 0 Å². The minimum Gasteiger partial charge on any atom is -0.376 e. The zero-order chi connectivity index (χ0) is 16.2. The fourth-order valence-corrected chi connectivity index (χ4v) is 2.76. The Morgan fingerprint density at radius 1 is 1.27 bits per heavy atom. The van der Waals surface area contributed by atoms with E-state index in [9.17, 15) is 14.4 Å². The quantitative estimate of drug-likeness (QED) is 0.554. The molecule has 2 saturated heterocycles. The topological polar surface area (TPSA) is 79.0 Å². The summed E-state index contributed by atoms with van der Waals surface area (Å²) in [4.78, 5) is 38.9. The highest BCUT2D eigenvalue weighted by atomic mass is 16.5. The summed E-state index contributed by atoms with van der Waals surface area (Å²) >= 11 is 0. The Kier molecular flexibility index (Phi) is 5.39. The molecular weight excluding hydrogens is 286 g/mol. The summed E-state index contributed by atoms with van der Waals surface area (Å²) in [5.41, 5.74) is -1.11. The number of rotatable bonds is 5. The van der Waals surface area contributed by atoms with Crippen LogP contribution in [0.15, 0.2) is 0 Å². The van der Waals surface area contributed by atoms with Crippen molar-refractivity contribution >= 4 is 18.2 Å². The first-order valence-corrected chi connectivity index (χ1v) is 7.84. The minimum atomic E-state index is -1.11. The van der Waals surface area contributed by atoms with Crippen LogP contribution in [0.1, 0.15) is 26.7 Å². The van der Waals surface area contributed by atoms with Gasteiger partial charge in [-0.3, -0.25) is 14.4 Å². The Morgan fingerprint density at radius 2 is 1.95 bits per heavy atom. The Labute approximate surface area is 131 Å². The standard InChI is InChI=1S/C15H25N3O4/c1-15(2,13(20)16-10-12-4-3-9-22-12)14(21)18-7-5-17(11-19)6-8-18/h11-12H,3-10H2,1-2H3,(H,16,20). The number of hydrogen-bond acceptors (Lipinski definition) is 4. The second kappa shape index (κ2) is 7.09. The van der Waals surface area contributed by atoms with Crippen LogP contribution in [-0.4, -0.2) is 73.5 Å². The normalized spacial score (nSPS) is 22.5. The fourth-order valence-electron chi connectivity index (χ4n) is 2.76. The van der Waals surface area contributed by atoms with Crippen LogP contribution in [0.3, 0.4) is 0 Å². The SMILES string of the molecule is CC(C)(C(=O)NCC1CCCO1)C(=O)N1CCN(C=O)CC1. The largest absolute Gasteiger partial charge is 0.376 e. The molecule has 1 unspecified atom stereocenters. The molecule has 0 bridgehead atoms. The lowest BCUT2D eigenvalue weighted by Crippen LogP contribution is -2.55. The van der Waals surface area contributed by atoms with Crippen LogP contribution < -0.4 is 5.32 Å². The van der Waals surface area contributed by atoms with Gasteiger partial charge in [-0.2, -0.15) is 0 Å². The third-order valence-electron chi connectivity index (χ3n) is 4.37. The van der Waals surface area contributed by atoms with Crippen LogP contribution in [0.25, 0.3) is 0 Å². The number of carbonyl (C=O) groups excluding carboxylic acids is 3. The van der Waals surface area contributed by atoms with Gasteiger partial charge < -0.3 is 19.9 Å². The molecule has 7 heteroatoms. The van der Waals surface area contributed by atoms with Crippen molar-refractivity contribution in [3.05, 3.63) is 0 Å². The molecule has 7 nitrogen and oxygen atoms in total. The van der Waals surface area contributed by atoms with Crippen molar-refractivity contribution in [1.29, 1.82) is 0 Å². The number of nitrogens with zero attached hydrogens (tertiary/aromatic N) is 2. The summed E-state index contributed by atoms with van der Waals surface area (Å²) in [7, 11) is 0. The highest BCUT2D eigenvalue weighted by molar-refractivity contribution is 6.04. The number of amides is 3. The van der Waals surface area contributed by atoms with Crippen molar-refractivity contribution in [2.24, 2.45) is 5.41 Å². The van der Waals surface area contributed by atoms with Crippen LogP contribution in [0.4, 0.5) is 0 Å². The molecule has 0 spiro atoms. The van der Waals surface area contributed by atoms with Gasteiger partial charge in [0.15, 0.2) is 0 Å². The average molecular weight is 311 g/mol. The molecule has 2 fully saturated rings. The van der Waals surface area contributed by atoms with E-state index in [2.05, 4.69) is 5.32 Å². The summed E-state index contributed by atoms with van der Waals surface area (Å²) in [6, 6.07) is 0. The van der Waals surface area contributed by atoms with Gasteiger partial charge in [-0.15, -0.1) is 0 Å². The number of carbonyl (C=O) groups is 3. The van der Waals surface area contributed by atoms with Crippen molar-refractivity contribution in [2.45, 2.75) is 32.8 Å². The molecule has 0 radical (unpaired) electrons. The van der Waals surface area contributed by atoms with Crippen LogP contribution in [0.5, 0.6) is 0 Å². The molecule has 2 rings (SSSR count). The lowest BCUT2D eigenvalue weighted by molar-refractivity contribution is -0.150. The van der Waals surface area contributed by atoms with Crippen molar-refractivity contribution in [3.8, 4) is 0 Å². The molecule has 22 heavy (non-hydrogen) atoms. The second-order valence-corrected chi connectivity index (χ2v) is 6.40. The lowest BCUT2D eigenvalue weighted by Gasteiger charge is -2.36. The van der Waals surface area contributed by atoms with Crippen molar-refractivity contribution in [1.82, 2.24) is 15.1 Å². The third kappa shape index (κ3) is 3.76. The van der Waals surface area contributed by atoms with Gasteiger partial charge in [-0.25, -0.2) is 0 Å². The molecule has 0 aliphatic carbocycles. The summed E-state index contributed by atoms with van der Waals surface area (Å²) in [5, 5.41) is 2.83. The number of piperazine rings is 1. The first-order chi connectivity index (χ1) is 10.4. The number of ether oxygens (including phenoxy) is 1. The lowest BCUT2D eigenvalue weighted by atomic mass is 9.90. The fraction of sp³-hybridized carbons (Fsp3) is 0.800. The summed E-state index contributed by atoms with van der Waals surface area (Å²) in [6.45, 7) is 6.46. The molecule has 124 valence electrons. The average Bonchev–Trinajstić information content (AvgIpc) is 3.05. The van der Waals surface area contributed by atoms with Gasteiger partial charge in [0.2, 0.25) is 18.2 Å². The van der Waals surface area contributed by atoms with Gasteiger partial charge in [-0.1, -0.05) is 0 Å². The zero-order valence-corrected chi connectivity index (χ0v) is 13.3. The molecule has 1 atom stereocenters. The molecule has 3 amide bonds. The minimum absolute atomic E-state index is 0.0611. The van der Waals surface area contributed by atoms with E-state index < -0.39 is 5.41 Å². The van der Waals surface area contributed by atoms with Crippen molar-refractivity contribution in [2.75, 3.05) is 39.3 Å². The maximum Gasteiger partial charge on any atom is 0.237 e. The van der Waals surface area contributed by atoms with Gasteiger partial charge in [0.05, 0.1) is 6.10 Å². The zero-order valence-electron chi connectivity index (χ0n) is 13.3. The van der Waals surface area contributed by atoms with E-state index in [-0.39, 0.29) is 17.9 Å². The third-order valence-corrected chi connectivity index (χ3v) is 4.37. The van der Waals surface area contributed by atoms with E-state index >= 15 is 0 Å². The van der Waals surface area contributed by atoms with Crippen molar-refractivity contribution < 1.29 is 19.1 Å². The Bertz CT molecular complexity index is 425.